The second kappa shape index (κ2) is 5.53. The van der Waals surface area contributed by atoms with Crippen LogP contribution in [0.4, 0.5) is 5.69 Å². The highest BCUT2D eigenvalue weighted by atomic mass is 35.5. The van der Waals surface area contributed by atoms with Crippen LogP contribution in [-0.2, 0) is 0 Å². The molecule has 2 nitrogen and oxygen atoms in total. The van der Waals surface area contributed by atoms with Crippen molar-refractivity contribution in [3.63, 3.8) is 0 Å². The van der Waals surface area contributed by atoms with E-state index < -0.39 is 0 Å². The van der Waals surface area contributed by atoms with E-state index in [1.54, 1.807) is 11.3 Å². The van der Waals surface area contributed by atoms with Gasteiger partial charge in [-0.2, -0.15) is 11.3 Å². The summed E-state index contributed by atoms with van der Waals surface area (Å²) < 4.78 is 0. The fourth-order valence-electron chi connectivity index (χ4n) is 2.76. The van der Waals surface area contributed by atoms with Crippen LogP contribution in [0.5, 0.6) is 0 Å². The molecule has 3 rings (SSSR count). The maximum atomic E-state index is 6.22. The summed E-state index contributed by atoms with van der Waals surface area (Å²) in [6.07, 6.45) is 1.04. The van der Waals surface area contributed by atoms with Crippen molar-refractivity contribution in [2.75, 3.05) is 18.0 Å². The van der Waals surface area contributed by atoms with Crippen molar-refractivity contribution in [1.29, 1.82) is 0 Å². The first-order chi connectivity index (χ1) is 9.22. The lowest BCUT2D eigenvalue weighted by molar-refractivity contribution is 0.454. The number of rotatable bonds is 2. The molecule has 0 saturated carbocycles. The molecule has 1 fully saturated rings. The number of hydrogen-bond donors (Lipinski definition) is 1. The highest BCUT2D eigenvalue weighted by molar-refractivity contribution is 7.08. The third-order valence-electron chi connectivity index (χ3n) is 3.70. The quantitative estimate of drug-likeness (QED) is 0.914. The maximum Gasteiger partial charge on any atom is 0.0475 e. The number of hydrogen-bond acceptors (Lipinski definition) is 3. The molecule has 2 N–H and O–H groups in total. The molecular weight excluding hydrogens is 276 g/mol. The molecule has 1 aromatic heterocycles. The van der Waals surface area contributed by atoms with E-state index in [9.17, 15) is 0 Å². The summed E-state index contributed by atoms with van der Waals surface area (Å²) in [4.78, 5) is 2.39. The third-order valence-corrected chi connectivity index (χ3v) is 4.62. The van der Waals surface area contributed by atoms with Crippen LogP contribution in [0.2, 0.25) is 5.02 Å². The van der Waals surface area contributed by atoms with Gasteiger partial charge < -0.3 is 10.6 Å². The monoisotopic (exact) mass is 292 g/mol. The first kappa shape index (κ1) is 13.0. The molecule has 1 aliphatic heterocycles. The Balaban J connectivity index is 1.80. The smallest absolute Gasteiger partial charge is 0.0475 e. The molecule has 4 heteroatoms. The third kappa shape index (κ3) is 2.94. The lowest BCUT2D eigenvalue weighted by Crippen LogP contribution is -2.46. The van der Waals surface area contributed by atoms with E-state index >= 15 is 0 Å². The topological polar surface area (TPSA) is 29.3 Å². The molecular formula is C15H17ClN2S. The number of thiophene rings is 1. The molecule has 0 spiro atoms. The Hall–Kier alpha value is -1.03. The van der Waals surface area contributed by atoms with Gasteiger partial charge in [0.25, 0.3) is 0 Å². The Bertz CT molecular complexity index is 524. The molecule has 100 valence electrons. The summed E-state index contributed by atoms with van der Waals surface area (Å²) in [5, 5.41) is 5.10. The van der Waals surface area contributed by atoms with Gasteiger partial charge in [0.2, 0.25) is 0 Å². The van der Waals surface area contributed by atoms with E-state index in [-0.39, 0.29) is 6.04 Å². The number of benzene rings is 1. The van der Waals surface area contributed by atoms with Crippen molar-refractivity contribution in [1.82, 2.24) is 0 Å². The first-order valence-electron chi connectivity index (χ1n) is 6.50. The van der Waals surface area contributed by atoms with Crippen LogP contribution in [0, 0.1) is 0 Å². The van der Waals surface area contributed by atoms with Crippen LogP contribution in [-0.4, -0.2) is 19.1 Å². The van der Waals surface area contributed by atoms with Crippen molar-refractivity contribution >= 4 is 28.6 Å². The summed E-state index contributed by atoms with van der Waals surface area (Å²) in [7, 11) is 0. The van der Waals surface area contributed by atoms with Gasteiger partial charge in [-0.1, -0.05) is 23.7 Å². The van der Waals surface area contributed by atoms with Crippen LogP contribution in [0.15, 0.2) is 41.1 Å². The van der Waals surface area contributed by atoms with E-state index in [0.29, 0.717) is 5.92 Å². The van der Waals surface area contributed by atoms with Crippen LogP contribution < -0.4 is 10.6 Å². The number of nitrogens with two attached hydrogens (primary N) is 1. The number of anilines is 1. The molecule has 0 bridgehead atoms. The minimum Gasteiger partial charge on any atom is -0.369 e. The van der Waals surface area contributed by atoms with Gasteiger partial charge in [0.15, 0.2) is 0 Å². The minimum atomic E-state index is 0.231. The van der Waals surface area contributed by atoms with Crippen molar-refractivity contribution in [3.8, 4) is 0 Å². The number of piperidine rings is 1. The Kier molecular flexibility index (Phi) is 3.78. The fraction of sp³-hybridized carbons (Fsp3) is 0.333. The molecule has 1 saturated heterocycles. The summed E-state index contributed by atoms with van der Waals surface area (Å²) in [6, 6.07) is 10.6. The molecule has 19 heavy (non-hydrogen) atoms. The minimum absolute atomic E-state index is 0.231. The first-order valence-corrected chi connectivity index (χ1v) is 7.82. The van der Waals surface area contributed by atoms with Crippen molar-refractivity contribution in [2.24, 2.45) is 5.73 Å². The van der Waals surface area contributed by atoms with E-state index in [1.165, 1.54) is 11.3 Å². The average Bonchev–Trinajstić information content (AvgIpc) is 2.93. The van der Waals surface area contributed by atoms with Gasteiger partial charge in [0.05, 0.1) is 0 Å². The Morgan fingerprint density at radius 2 is 1.95 bits per heavy atom. The average molecular weight is 293 g/mol. The molecule has 1 aliphatic rings. The number of nitrogens with zero attached hydrogens (tertiary/aromatic N) is 1. The summed E-state index contributed by atoms with van der Waals surface area (Å²) in [5.41, 5.74) is 8.85. The molecule has 2 atom stereocenters. The van der Waals surface area contributed by atoms with Crippen LogP contribution >= 0.6 is 22.9 Å². The summed E-state index contributed by atoms with van der Waals surface area (Å²) in [5.74, 6) is 0.487. The standard InChI is InChI=1S/C15H17ClN2S/c16-13-3-1-11(2-4-13)12-7-14(17)9-18(8-12)15-5-6-19-10-15/h1-6,10,12,14H,7-9,17H2. The van der Waals surface area contributed by atoms with Crippen LogP contribution in [0.1, 0.15) is 17.9 Å². The highest BCUT2D eigenvalue weighted by Gasteiger charge is 2.26. The lowest BCUT2D eigenvalue weighted by atomic mass is 9.88. The SMILES string of the molecule is NC1CC(c2ccc(Cl)cc2)CN(c2ccsc2)C1. The lowest BCUT2D eigenvalue weighted by Gasteiger charge is -2.37. The Morgan fingerprint density at radius 3 is 2.63 bits per heavy atom. The largest absolute Gasteiger partial charge is 0.369 e. The predicted octanol–water partition coefficient (Wildman–Crippen LogP) is 3.72. The van der Waals surface area contributed by atoms with E-state index in [0.717, 1.165) is 24.5 Å². The van der Waals surface area contributed by atoms with Gasteiger partial charge in [-0.15, -0.1) is 0 Å². The molecule has 1 aromatic carbocycles. The van der Waals surface area contributed by atoms with Gasteiger partial charge >= 0.3 is 0 Å². The van der Waals surface area contributed by atoms with E-state index in [4.69, 9.17) is 17.3 Å². The zero-order chi connectivity index (χ0) is 13.2. The van der Waals surface area contributed by atoms with Gasteiger partial charge in [-0.3, -0.25) is 0 Å². The van der Waals surface area contributed by atoms with Crippen LogP contribution in [0.25, 0.3) is 0 Å². The highest BCUT2D eigenvalue weighted by Crippen LogP contribution is 2.31. The molecule has 2 heterocycles. The van der Waals surface area contributed by atoms with E-state index in [1.807, 2.05) is 12.1 Å². The van der Waals surface area contributed by atoms with Gasteiger partial charge in [-0.05, 0) is 35.6 Å². The second-order valence-electron chi connectivity index (χ2n) is 5.13. The Labute approximate surface area is 122 Å². The van der Waals surface area contributed by atoms with Gasteiger partial charge in [0, 0.05) is 41.1 Å². The summed E-state index contributed by atoms with van der Waals surface area (Å²) in [6.45, 7) is 1.98. The van der Waals surface area contributed by atoms with Crippen molar-refractivity contribution in [3.05, 3.63) is 51.7 Å². The van der Waals surface area contributed by atoms with Crippen molar-refractivity contribution in [2.45, 2.75) is 18.4 Å². The zero-order valence-electron chi connectivity index (χ0n) is 10.6. The summed E-state index contributed by atoms with van der Waals surface area (Å²) >= 11 is 7.69. The predicted molar refractivity (Wildman–Crippen MR) is 83.3 cm³/mol. The normalized spacial score (nSPS) is 23.6. The maximum absolute atomic E-state index is 6.22. The molecule has 0 amide bonds. The van der Waals surface area contributed by atoms with Gasteiger partial charge in [0.1, 0.15) is 0 Å². The molecule has 0 aliphatic carbocycles. The Morgan fingerprint density at radius 1 is 1.16 bits per heavy atom. The molecule has 0 radical (unpaired) electrons. The second-order valence-corrected chi connectivity index (χ2v) is 6.35. The zero-order valence-corrected chi connectivity index (χ0v) is 12.2. The van der Waals surface area contributed by atoms with Crippen molar-refractivity contribution < 1.29 is 0 Å². The van der Waals surface area contributed by atoms with Gasteiger partial charge in [-0.25, -0.2) is 0 Å². The fourth-order valence-corrected chi connectivity index (χ4v) is 3.55. The van der Waals surface area contributed by atoms with E-state index in [2.05, 4.69) is 33.9 Å². The molecule has 2 aromatic rings. The number of halogens is 1. The van der Waals surface area contributed by atoms with Crippen LogP contribution in [0.3, 0.4) is 0 Å². The molecule has 2 unspecified atom stereocenters.